The van der Waals surface area contributed by atoms with Crippen LogP contribution in [0.4, 0.5) is 5.69 Å². The van der Waals surface area contributed by atoms with Crippen molar-refractivity contribution in [2.24, 2.45) is 0 Å². The minimum Gasteiger partial charge on any atom is -0.494 e. The van der Waals surface area contributed by atoms with Crippen LogP contribution in [-0.4, -0.2) is 96.9 Å². The molecular formula is C33H50N2O7. The molecule has 0 aliphatic carbocycles. The summed E-state index contributed by atoms with van der Waals surface area (Å²) in [6, 6.07) is 14.6. The van der Waals surface area contributed by atoms with Gasteiger partial charge in [-0.1, -0.05) is 25.1 Å². The highest BCUT2D eigenvalue weighted by molar-refractivity contribution is 5.61. The van der Waals surface area contributed by atoms with E-state index in [1.165, 1.54) is 0 Å². The number of fused-ring (bicyclic) bond motifs is 1. The molecule has 2 heterocycles. The standard InChI is InChI=1S/C33H50N2O7/c1-4-27(36)24-42-32-22-34-21-31(33(32)26-9-11-28(12-10-26)39-18-6-5-16-37-2)41-23-25-8-13-30-29(20-25)35(15-19-40-30)14-7-17-38-3/h8-13,20,27,31-34,36H,4-7,14-19,21-24H2,1-3H3/t27-,31-,32+,33+/m0/s1. The number of hydrogen-bond donors (Lipinski definition) is 2. The fraction of sp³-hybridized carbons (Fsp3) is 0.636. The van der Waals surface area contributed by atoms with Crippen molar-refractivity contribution in [3.8, 4) is 11.5 Å². The number of benzene rings is 2. The fourth-order valence-electron chi connectivity index (χ4n) is 5.54. The SMILES string of the molecule is CC[C@H](O)CO[C@@H]1CNC[C@H](OCc2ccc3c(c2)N(CCCOC)CCO3)[C@H]1c1ccc(OCCCCOC)cc1. The topological polar surface area (TPSA) is 90.9 Å². The number of anilines is 1. The van der Waals surface area contributed by atoms with Crippen molar-refractivity contribution in [3.05, 3.63) is 53.6 Å². The number of aliphatic hydroxyl groups excluding tert-OH is 1. The maximum absolute atomic E-state index is 10.2. The van der Waals surface area contributed by atoms with Crippen molar-refractivity contribution in [1.29, 1.82) is 0 Å². The first-order valence-electron chi connectivity index (χ1n) is 15.5. The van der Waals surface area contributed by atoms with E-state index in [4.69, 9.17) is 28.4 Å². The number of rotatable bonds is 18. The van der Waals surface area contributed by atoms with Crippen molar-refractivity contribution < 1.29 is 33.5 Å². The van der Waals surface area contributed by atoms with Gasteiger partial charge in [-0.15, -0.1) is 0 Å². The number of ether oxygens (including phenoxy) is 6. The monoisotopic (exact) mass is 586 g/mol. The van der Waals surface area contributed by atoms with Crippen LogP contribution >= 0.6 is 0 Å². The molecule has 4 rings (SSSR count). The van der Waals surface area contributed by atoms with Crippen molar-refractivity contribution in [3.63, 3.8) is 0 Å². The maximum atomic E-state index is 10.2. The predicted molar refractivity (Wildman–Crippen MR) is 164 cm³/mol. The lowest BCUT2D eigenvalue weighted by Crippen LogP contribution is -2.51. The molecule has 2 aromatic rings. The number of unbranched alkanes of at least 4 members (excludes halogenated alkanes) is 1. The van der Waals surface area contributed by atoms with Crippen molar-refractivity contribution in [2.75, 3.05) is 78.3 Å². The van der Waals surface area contributed by atoms with Crippen LogP contribution < -0.4 is 19.7 Å². The average Bonchev–Trinajstić information content (AvgIpc) is 3.03. The Hall–Kier alpha value is -2.40. The van der Waals surface area contributed by atoms with E-state index in [0.29, 0.717) is 39.4 Å². The van der Waals surface area contributed by atoms with Crippen LogP contribution in [0.25, 0.3) is 0 Å². The lowest BCUT2D eigenvalue weighted by Gasteiger charge is -2.39. The van der Waals surface area contributed by atoms with E-state index in [2.05, 4.69) is 40.5 Å². The zero-order chi connectivity index (χ0) is 29.6. The first-order chi connectivity index (χ1) is 20.6. The van der Waals surface area contributed by atoms with Crippen LogP contribution in [0.15, 0.2) is 42.5 Å². The van der Waals surface area contributed by atoms with Gasteiger partial charge in [0.15, 0.2) is 0 Å². The van der Waals surface area contributed by atoms with E-state index >= 15 is 0 Å². The van der Waals surface area contributed by atoms with Gasteiger partial charge in [-0.05, 0) is 61.1 Å². The van der Waals surface area contributed by atoms with Crippen molar-refractivity contribution >= 4 is 5.69 Å². The van der Waals surface area contributed by atoms with Gasteiger partial charge < -0.3 is 43.7 Å². The van der Waals surface area contributed by atoms with E-state index < -0.39 is 6.10 Å². The normalized spacial score (nSPS) is 21.0. The molecule has 0 aromatic heterocycles. The second-order valence-corrected chi connectivity index (χ2v) is 11.1. The first-order valence-corrected chi connectivity index (χ1v) is 15.5. The largest absolute Gasteiger partial charge is 0.494 e. The van der Waals surface area contributed by atoms with Crippen LogP contribution in [0, 0.1) is 0 Å². The Morgan fingerprint density at radius 1 is 0.952 bits per heavy atom. The molecule has 0 spiro atoms. The third-order valence-electron chi connectivity index (χ3n) is 7.97. The molecule has 2 aliphatic heterocycles. The van der Waals surface area contributed by atoms with E-state index in [1.54, 1.807) is 14.2 Å². The van der Waals surface area contributed by atoms with E-state index in [9.17, 15) is 5.11 Å². The summed E-state index contributed by atoms with van der Waals surface area (Å²) in [6.07, 6.45) is 2.85. The molecule has 0 unspecified atom stereocenters. The minimum absolute atomic E-state index is 0.0116. The van der Waals surface area contributed by atoms with E-state index in [1.807, 2.05) is 19.1 Å². The summed E-state index contributed by atoms with van der Waals surface area (Å²) < 4.78 is 35.2. The number of nitrogens with zero attached hydrogens (tertiary/aromatic N) is 1. The molecule has 42 heavy (non-hydrogen) atoms. The Balaban J connectivity index is 1.44. The Kier molecular flexibility index (Phi) is 13.7. The molecule has 2 N–H and O–H groups in total. The van der Waals surface area contributed by atoms with Crippen LogP contribution in [0.5, 0.6) is 11.5 Å². The van der Waals surface area contributed by atoms with Gasteiger partial charge in [-0.2, -0.15) is 0 Å². The summed E-state index contributed by atoms with van der Waals surface area (Å²) in [6.45, 7) is 8.81. The first kappa shape index (κ1) is 32.5. The number of aliphatic hydroxyl groups is 1. The molecule has 2 aromatic carbocycles. The molecule has 9 heteroatoms. The average molecular weight is 587 g/mol. The van der Waals surface area contributed by atoms with Gasteiger partial charge in [-0.3, -0.25) is 0 Å². The molecule has 1 fully saturated rings. The Morgan fingerprint density at radius 3 is 2.45 bits per heavy atom. The molecule has 0 radical (unpaired) electrons. The number of nitrogens with one attached hydrogen (secondary N) is 1. The van der Waals surface area contributed by atoms with Crippen molar-refractivity contribution in [1.82, 2.24) is 5.32 Å². The molecule has 234 valence electrons. The van der Waals surface area contributed by atoms with Gasteiger partial charge in [0.2, 0.25) is 0 Å². The Morgan fingerprint density at radius 2 is 1.69 bits per heavy atom. The quantitative estimate of drug-likeness (QED) is 0.250. The maximum Gasteiger partial charge on any atom is 0.142 e. The molecular weight excluding hydrogens is 536 g/mol. The number of piperidine rings is 1. The third kappa shape index (κ3) is 9.56. The smallest absolute Gasteiger partial charge is 0.142 e. The Bertz CT molecular complexity index is 1040. The summed E-state index contributed by atoms with van der Waals surface area (Å²) in [7, 11) is 3.46. The van der Waals surface area contributed by atoms with Crippen LogP contribution in [-0.2, 0) is 25.6 Å². The van der Waals surface area contributed by atoms with Gasteiger partial charge in [0.25, 0.3) is 0 Å². The minimum atomic E-state index is -0.481. The predicted octanol–water partition coefficient (Wildman–Crippen LogP) is 4.16. The lowest BCUT2D eigenvalue weighted by molar-refractivity contribution is -0.0777. The summed E-state index contributed by atoms with van der Waals surface area (Å²) >= 11 is 0. The summed E-state index contributed by atoms with van der Waals surface area (Å²) in [5.41, 5.74) is 3.37. The number of hydrogen-bond acceptors (Lipinski definition) is 9. The van der Waals surface area contributed by atoms with E-state index in [0.717, 1.165) is 80.4 Å². The van der Waals surface area contributed by atoms with Crippen LogP contribution in [0.2, 0.25) is 0 Å². The molecule has 2 aliphatic rings. The Labute approximate surface area is 251 Å². The summed E-state index contributed by atoms with van der Waals surface area (Å²) in [5.74, 6) is 1.79. The zero-order valence-corrected chi connectivity index (χ0v) is 25.6. The molecule has 0 saturated carbocycles. The molecule has 9 nitrogen and oxygen atoms in total. The van der Waals surface area contributed by atoms with Gasteiger partial charge >= 0.3 is 0 Å². The summed E-state index contributed by atoms with van der Waals surface area (Å²) in [5, 5.41) is 13.7. The fourth-order valence-corrected chi connectivity index (χ4v) is 5.54. The highest BCUT2D eigenvalue weighted by atomic mass is 16.5. The zero-order valence-electron chi connectivity index (χ0n) is 25.6. The number of methoxy groups -OCH3 is 2. The third-order valence-corrected chi connectivity index (χ3v) is 7.97. The van der Waals surface area contributed by atoms with Crippen molar-refractivity contribution in [2.45, 2.75) is 63.4 Å². The second-order valence-electron chi connectivity index (χ2n) is 11.1. The van der Waals surface area contributed by atoms with E-state index in [-0.39, 0.29) is 18.1 Å². The van der Waals surface area contributed by atoms with Crippen LogP contribution in [0.3, 0.4) is 0 Å². The van der Waals surface area contributed by atoms with Gasteiger partial charge in [0.1, 0.15) is 18.1 Å². The van der Waals surface area contributed by atoms with Gasteiger partial charge in [-0.25, -0.2) is 0 Å². The molecule has 1 saturated heterocycles. The highest BCUT2D eigenvalue weighted by Gasteiger charge is 2.36. The molecule has 4 atom stereocenters. The second kappa shape index (κ2) is 17.7. The van der Waals surface area contributed by atoms with Crippen LogP contribution in [0.1, 0.15) is 49.7 Å². The molecule has 0 amide bonds. The summed E-state index contributed by atoms with van der Waals surface area (Å²) in [4.78, 5) is 2.37. The molecule has 0 bridgehead atoms. The van der Waals surface area contributed by atoms with Gasteiger partial charge in [0.05, 0.1) is 50.4 Å². The lowest BCUT2D eigenvalue weighted by atomic mass is 9.85. The van der Waals surface area contributed by atoms with Gasteiger partial charge in [0, 0.05) is 53.0 Å². The highest BCUT2D eigenvalue weighted by Crippen LogP contribution is 2.35.